The second-order valence-corrected chi connectivity index (χ2v) is 7.20. The highest BCUT2D eigenvalue weighted by atomic mass is 79.9. The van der Waals surface area contributed by atoms with Crippen LogP contribution in [0.25, 0.3) is 0 Å². The van der Waals surface area contributed by atoms with E-state index in [-0.39, 0.29) is 0 Å². The van der Waals surface area contributed by atoms with E-state index >= 15 is 0 Å². The molecular weight excluding hydrogens is 294 g/mol. The van der Waals surface area contributed by atoms with Crippen LogP contribution in [-0.4, -0.2) is 6.54 Å². The Morgan fingerprint density at radius 3 is 3.00 bits per heavy atom. The van der Waals surface area contributed by atoms with E-state index in [4.69, 9.17) is 0 Å². The molecule has 0 aromatic carbocycles. The smallest absolute Gasteiger partial charge is 0.0397 e. The molecule has 96 valence electrons. The van der Waals surface area contributed by atoms with Crippen LogP contribution in [0.15, 0.2) is 15.9 Å². The predicted octanol–water partition coefficient (Wildman–Crippen LogP) is 4.99. The fourth-order valence-corrected chi connectivity index (χ4v) is 4.55. The molecule has 1 aliphatic carbocycles. The second kappa shape index (κ2) is 6.35. The molecule has 2 rings (SSSR count). The van der Waals surface area contributed by atoms with Gasteiger partial charge in [-0.05, 0) is 65.5 Å². The van der Waals surface area contributed by atoms with Gasteiger partial charge in [-0.1, -0.05) is 19.8 Å². The molecule has 1 saturated carbocycles. The van der Waals surface area contributed by atoms with Crippen molar-refractivity contribution in [2.45, 2.75) is 45.6 Å². The van der Waals surface area contributed by atoms with Crippen molar-refractivity contribution in [3.8, 4) is 0 Å². The van der Waals surface area contributed by atoms with Crippen LogP contribution in [0.3, 0.4) is 0 Å². The molecule has 0 bridgehead atoms. The lowest BCUT2D eigenvalue weighted by Gasteiger charge is -2.28. The Kier molecular flexibility index (Phi) is 5.07. The van der Waals surface area contributed by atoms with E-state index in [2.05, 4.69) is 46.5 Å². The molecule has 1 fully saturated rings. The van der Waals surface area contributed by atoms with Crippen molar-refractivity contribution < 1.29 is 0 Å². The molecule has 1 heterocycles. The minimum atomic E-state index is 0.474. The van der Waals surface area contributed by atoms with E-state index in [0.717, 1.165) is 11.8 Å². The second-order valence-electron chi connectivity index (χ2n) is 5.40. The van der Waals surface area contributed by atoms with E-state index in [0.29, 0.717) is 6.04 Å². The van der Waals surface area contributed by atoms with Crippen LogP contribution in [0.5, 0.6) is 0 Å². The number of halogens is 1. The van der Waals surface area contributed by atoms with Crippen LogP contribution >= 0.6 is 27.3 Å². The molecule has 1 aliphatic rings. The number of hydrogen-bond acceptors (Lipinski definition) is 2. The highest BCUT2D eigenvalue weighted by Gasteiger charge is 2.19. The van der Waals surface area contributed by atoms with Crippen molar-refractivity contribution in [3.05, 3.63) is 20.8 Å². The van der Waals surface area contributed by atoms with Gasteiger partial charge in [0.15, 0.2) is 0 Å². The third kappa shape index (κ3) is 3.80. The van der Waals surface area contributed by atoms with Gasteiger partial charge in [0.05, 0.1) is 0 Å². The molecule has 1 nitrogen and oxygen atoms in total. The van der Waals surface area contributed by atoms with E-state index in [1.807, 2.05) is 11.3 Å². The van der Waals surface area contributed by atoms with Gasteiger partial charge in [0.1, 0.15) is 0 Å². The summed E-state index contributed by atoms with van der Waals surface area (Å²) in [4.78, 5) is 1.42. The van der Waals surface area contributed by atoms with Crippen LogP contribution in [0.1, 0.15) is 50.4 Å². The lowest BCUT2D eigenvalue weighted by atomic mass is 9.82. The average molecular weight is 316 g/mol. The normalized spacial score (nSPS) is 27.0. The standard InChI is InChI=1S/C14H22BrNS/c1-10-4-3-5-12(8-10)9-16-11(2)14-13(15)6-7-17-14/h6-7,10-12,16H,3-5,8-9H2,1-2H3. The fourth-order valence-electron chi connectivity index (χ4n) is 2.80. The minimum Gasteiger partial charge on any atom is -0.309 e. The van der Waals surface area contributed by atoms with Crippen molar-refractivity contribution in [1.82, 2.24) is 5.32 Å². The topological polar surface area (TPSA) is 12.0 Å². The zero-order valence-corrected chi connectivity index (χ0v) is 13.1. The van der Waals surface area contributed by atoms with Gasteiger partial charge in [0.2, 0.25) is 0 Å². The van der Waals surface area contributed by atoms with Gasteiger partial charge in [0, 0.05) is 15.4 Å². The predicted molar refractivity (Wildman–Crippen MR) is 79.6 cm³/mol. The summed E-state index contributed by atoms with van der Waals surface area (Å²) >= 11 is 5.45. The van der Waals surface area contributed by atoms with Gasteiger partial charge in [0.25, 0.3) is 0 Å². The first-order valence-electron chi connectivity index (χ1n) is 6.63. The number of hydrogen-bond donors (Lipinski definition) is 1. The Hall–Kier alpha value is 0.140. The minimum absolute atomic E-state index is 0.474. The molecule has 3 atom stereocenters. The Morgan fingerprint density at radius 1 is 1.53 bits per heavy atom. The SMILES string of the molecule is CC1CCCC(CNC(C)c2sccc2Br)C1. The molecule has 1 aromatic rings. The summed E-state index contributed by atoms with van der Waals surface area (Å²) in [6, 6.07) is 2.61. The first-order chi connectivity index (χ1) is 8.16. The van der Waals surface area contributed by atoms with Crippen molar-refractivity contribution in [2.75, 3.05) is 6.54 Å². The quantitative estimate of drug-likeness (QED) is 0.825. The Bertz CT molecular complexity index is 350. The summed E-state index contributed by atoms with van der Waals surface area (Å²) < 4.78 is 1.25. The van der Waals surface area contributed by atoms with Crippen LogP contribution in [0.4, 0.5) is 0 Å². The number of rotatable bonds is 4. The third-order valence-electron chi connectivity index (χ3n) is 3.80. The molecule has 0 radical (unpaired) electrons. The zero-order valence-electron chi connectivity index (χ0n) is 10.7. The lowest BCUT2D eigenvalue weighted by Crippen LogP contribution is -2.28. The zero-order chi connectivity index (χ0) is 12.3. The maximum atomic E-state index is 3.70. The molecule has 0 saturated heterocycles. The van der Waals surface area contributed by atoms with Gasteiger partial charge in [-0.25, -0.2) is 0 Å². The molecule has 3 unspecified atom stereocenters. The van der Waals surface area contributed by atoms with Gasteiger partial charge in [-0.2, -0.15) is 0 Å². The molecule has 17 heavy (non-hydrogen) atoms. The highest BCUT2D eigenvalue weighted by molar-refractivity contribution is 9.10. The molecule has 1 N–H and O–H groups in total. The molecule has 1 aromatic heterocycles. The summed E-state index contributed by atoms with van der Waals surface area (Å²) in [6.07, 6.45) is 5.67. The van der Waals surface area contributed by atoms with Gasteiger partial charge in [-0.15, -0.1) is 11.3 Å². The number of thiophene rings is 1. The van der Waals surface area contributed by atoms with E-state index in [9.17, 15) is 0 Å². The summed E-state index contributed by atoms with van der Waals surface area (Å²) in [5.41, 5.74) is 0. The first kappa shape index (κ1) is 13.6. The van der Waals surface area contributed by atoms with Crippen LogP contribution in [-0.2, 0) is 0 Å². The van der Waals surface area contributed by atoms with E-state index in [1.54, 1.807) is 0 Å². The first-order valence-corrected chi connectivity index (χ1v) is 8.30. The Labute approximate surface area is 117 Å². The van der Waals surface area contributed by atoms with Crippen molar-refractivity contribution in [2.24, 2.45) is 11.8 Å². The summed E-state index contributed by atoms with van der Waals surface area (Å²) in [6.45, 7) is 5.84. The average Bonchev–Trinajstić information content (AvgIpc) is 2.72. The summed E-state index contributed by atoms with van der Waals surface area (Å²) in [5.74, 6) is 1.82. The van der Waals surface area contributed by atoms with Gasteiger partial charge in [-0.3, -0.25) is 0 Å². The Balaban J connectivity index is 1.80. The fraction of sp³-hybridized carbons (Fsp3) is 0.714. The molecule has 0 amide bonds. The van der Waals surface area contributed by atoms with Crippen LogP contribution < -0.4 is 5.32 Å². The van der Waals surface area contributed by atoms with Crippen molar-refractivity contribution in [1.29, 1.82) is 0 Å². The van der Waals surface area contributed by atoms with Crippen LogP contribution in [0, 0.1) is 11.8 Å². The van der Waals surface area contributed by atoms with Crippen molar-refractivity contribution in [3.63, 3.8) is 0 Å². The summed E-state index contributed by atoms with van der Waals surface area (Å²) in [7, 11) is 0. The van der Waals surface area contributed by atoms with Crippen molar-refractivity contribution >= 4 is 27.3 Å². The maximum absolute atomic E-state index is 3.70. The summed E-state index contributed by atoms with van der Waals surface area (Å²) in [5, 5.41) is 5.85. The van der Waals surface area contributed by atoms with Gasteiger partial charge < -0.3 is 5.32 Å². The van der Waals surface area contributed by atoms with Crippen LogP contribution in [0.2, 0.25) is 0 Å². The molecule has 0 spiro atoms. The molecule has 3 heteroatoms. The molecule has 0 aliphatic heterocycles. The largest absolute Gasteiger partial charge is 0.309 e. The monoisotopic (exact) mass is 315 g/mol. The Morgan fingerprint density at radius 2 is 2.35 bits per heavy atom. The highest BCUT2D eigenvalue weighted by Crippen LogP contribution is 2.31. The van der Waals surface area contributed by atoms with Gasteiger partial charge >= 0.3 is 0 Å². The van der Waals surface area contributed by atoms with E-state index in [1.165, 1.54) is 41.6 Å². The lowest BCUT2D eigenvalue weighted by molar-refractivity contribution is 0.269. The maximum Gasteiger partial charge on any atom is 0.0397 e. The number of nitrogens with one attached hydrogen (secondary N) is 1. The van der Waals surface area contributed by atoms with E-state index < -0.39 is 0 Å². The third-order valence-corrected chi connectivity index (χ3v) is 5.85. The molecular formula is C14H22BrNS.